The largest absolute Gasteiger partial charge is 0.366 e. The number of nitrogens with two attached hydrogens (primary N) is 1. The van der Waals surface area contributed by atoms with Gasteiger partial charge in [-0.1, -0.05) is 12.2 Å². The second-order valence-electron chi connectivity index (χ2n) is 5.58. The van der Waals surface area contributed by atoms with Crippen LogP contribution in [0.3, 0.4) is 0 Å². The smallest absolute Gasteiger partial charge is 0.300 e. The molecule has 0 spiro atoms. The predicted octanol–water partition coefficient (Wildman–Crippen LogP) is 0.144. The number of rotatable bonds is 4. The minimum Gasteiger partial charge on any atom is -0.366 e. The molecule has 0 saturated heterocycles. The third-order valence-electron chi connectivity index (χ3n) is 3.99. The summed E-state index contributed by atoms with van der Waals surface area (Å²) in [5.74, 6) is -1.33. The van der Waals surface area contributed by atoms with Gasteiger partial charge in [-0.15, -0.1) is 0 Å². The third kappa shape index (κ3) is 2.78. The molecule has 0 aromatic heterocycles. The van der Waals surface area contributed by atoms with Gasteiger partial charge >= 0.3 is 0 Å². The highest BCUT2D eigenvalue weighted by Crippen LogP contribution is 2.31. The molecule has 0 aliphatic carbocycles. The fraction of sp³-hybridized carbons (Fsp3) is 0.167. The number of nitrogens with zero attached hydrogens (tertiary/aromatic N) is 1. The van der Waals surface area contributed by atoms with Crippen molar-refractivity contribution in [3.8, 4) is 0 Å². The number of fused-ring (bicyclic) bond motifs is 1. The number of amides is 2. The van der Waals surface area contributed by atoms with Crippen LogP contribution in [-0.4, -0.2) is 35.5 Å². The maximum Gasteiger partial charge on any atom is 0.300 e. The Morgan fingerprint density at radius 2 is 2.21 bits per heavy atom. The zero-order chi connectivity index (χ0) is 17.3. The number of halogens is 1. The molecular weight excluding hydrogens is 309 g/mol. The highest BCUT2D eigenvalue weighted by atomic mass is 19.1. The highest BCUT2D eigenvalue weighted by Gasteiger charge is 2.39. The second-order valence-corrected chi connectivity index (χ2v) is 5.58. The van der Waals surface area contributed by atoms with Crippen molar-refractivity contribution in [3.05, 3.63) is 65.1 Å². The molecule has 2 aliphatic rings. The zero-order valence-corrected chi connectivity index (χ0v) is 13.1. The van der Waals surface area contributed by atoms with E-state index in [4.69, 9.17) is 5.73 Å². The van der Waals surface area contributed by atoms with Crippen LogP contribution in [0.4, 0.5) is 4.39 Å². The fourth-order valence-electron chi connectivity index (χ4n) is 2.82. The Morgan fingerprint density at radius 3 is 2.92 bits per heavy atom. The van der Waals surface area contributed by atoms with Crippen LogP contribution in [0.5, 0.6) is 0 Å². The van der Waals surface area contributed by atoms with Gasteiger partial charge < -0.3 is 10.6 Å². The van der Waals surface area contributed by atoms with Gasteiger partial charge in [0.2, 0.25) is 5.91 Å². The third-order valence-corrected chi connectivity index (χ3v) is 3.99. The van der Waals surface area contributed by atoms with Gasteiger partial charge in [0.15, 0.2) is 6.21 Å². The van der Waals surface area contributed by atoms with Crippen molar-refractivity contribution >= 4 is 23.6 Å². The summed E-state index contributed by atoms with van der Waals surface area (Å²) >= 11 is 0. The molecule has 2 heterocycles. The minimum absolute atomic E-state index is 0.0802. The summed E-state index contributed by atoms with van der Waals surface area (Å²) in [4.78, 5) is 28.5. The molecule has 1 unspecified atom stereocenters. The van der Waals surface area contributed by atoms with Crippen molar-refractivity contribution in [1.29, 1.82) is 0 Å². The van der Waals surface area contributed by atoms with E-state index < -0.39 is 17.8 Å². The van der Waals surface area contributed by atoms with Crippen molar-refractivity contribution in [2.75, 3.05) is 6.54 Å². The molecule has 0 bridgehead atoms. The molecule has 122 valence electrons. The molecule has 2 aliphatic heterocycles. The molecule has 5 nitrogen and oxygen atoms in total. The fourth-order valence-corrected chi connectivity index (χ4v) is 2.82. The van der Waals surface area contributed by atoms with Crippen LogP contribution < -0.4 is 10.7 Å². The van der Waals surface area contributed by atoms with Gasteiger partial charge in [0.25, 0.3) is 11.9 Å². The first-order chi connectivity index (χ1) is 11.5. The summed E-state index contributed by atoms with van der Waals surface area (Å²) in [5.41, 5.74) is 7.31. The lowest BCUT2D eigenvalue weighted by atomic mass is 9.90. The maximum atomic E-state index is 13.9. The predicted molar refractivity (Wildman–Crippen MR) is 88.3 cm³/mol. The monoisotopic (exact) mass is 326 g/mol. The lowest BCUT2D eigenvalue weighted by Crippen LogP contribution is -2.79. The van der Waals surface area contributed by atoms with Crippen molar-refractivity contribution < 1.29 is 19.0 Å². The number of benzene rings is 1. The van der Waals surface area contributed by atoms with Crippen LogP contribution in [-0.2, 0) is 4.79 Å². The van der Waals surface area contributed by atoms with Crippen molar-refractivity contribution in [2.45, 2.75) is 13.0 Å². The Hall–Kier alpha value is -3.02. The molecule has 0 saturated carbocycles. The van der Waals surface area contributed by atoms with Crippen LogP contribution in [0.25, 0.3) is 5.57 Å². The Morgan fingerprint density at radius 1 is 1.42 bits per heavy atom. The average molecular weight is 326 g/mol. The number of carbonyl (C=O) groups excluding carboxylic acids is 2. The topological polar surface area (TPSA) is 77.4 Å². The number of primary amides is 1. The number of nitrogens with one attached hydrogen (secondary N) is 1. The van der Waals surface area contributed by atoms with Crippen LogP contribution in [0.15, 0.2) is 48.2 Å². The molecule has 1 aromatic rings. The molecule has 1 atom stereocenters. The SMILES string of the molecule is CC=CCN1C=C(c2cc(F)cc(C(N)=O)c2)C2=CC=[NH+]C2C1=O. The van der Waals surface area contributed by atoms with E-state index in [9.17, 15) is 14.0 Å². The van der Waals surface area contributed by atoms with Crippen molar-refractivity contribution in [2.24, 2.45) is 5.73 Å². The summed E-state index contributed by atoms with van der Waals surface area (Å²) < 4.78 is 13.9. The zero-order valence-electron chi connectivity index (χ0n) is 13.1. The van der Waals surface area contributed by atoms with E-state index >= 15 is 0 Å². The quantitative estimate of drug-likeness (QED) is 0.773. The summed E-state index contributed by atoms with van der Waals surface area (Å²) in [7, 11) is 0. The Bertz CT molecular complexity index is 837. The van der Waals surface area contributed by atoms with Gasteiger partial charge in [-0.3, -0.25) is 9.59 Å². The molecule has 2 amide bonds. The number of allylic oxidation sites excluding steroid dienone is 2. The van der Waals surface area contributed by atoms with Crippen LogP contribution >= 0.6 is 0 Å². The summed E-state index contributed by atoms with van der Waals surface area (Å²) in [6, 6.07) is 3.47. The van der Waals surface area contributed by atoms with E-state index in [1.165, 1.54) is 12.1 Å². The van der Waals surface area contributed by atoms with Gasteiger partial charge in [0, 0.05) is 35.5 Å². The second kappa shape index (κ2) is 6.23. The van der Waals surface area contributed by atoms with E-state index in [0.717, 1.165) is 11.6 Å². The van der Waals surface area contributed by atoms with Gasteiger partial charge in [0.1, 0.15) is 5.82 Å². The number of hydrogen-bond acceptors (Lipinski definition) is 2. The molecule has 3 rings (SSSR count). The van der Waals surface area contributed by atoms with Crippen LogP contribution in [0.1, 0.15) is 22.8 Å². The van der Waals surface area contributed by atoms with Gasteiger partial charge in [-0.25, -0.2) is 9.38 Å². The van der Waals surface area contributed by atoms with Crippen LogP contribution in [0, 0.1) is 5.82 Å². The Kier molecular flexibility index (Phi) is 4.12. The van der Waals surface area contributed by atoms with E-state index in [1.54, 1.807) is 23.4 Å². The Labute approximate surface area is 138 Å². The molecule has 1 aromatic carbocycles. The van der Waals surface area contributed by atoms with Crippen LogP contribution in [0.2, 0.25) is 0 Å². The standard InChI is InChI=1S/C18H16FN3O2/c1-2-3-6-22-10-15(14-4-5-21-16(14)18(22)24)11-7-12(17(20)23)9-13(19)8-11/h2-5,7-10,16H,6H2,1H3,(H2,20,23)/p+1. The summed E-state index contributed by atoms with van der Waals surface area (Å²) in [6.45, 7) is 2.29. The molecule has 24 heavy (non-hydrogen) atoms. The highest BCUT2D eigenvalue weighted by molar-refractivity contribution is 6.02. The van der Waals surface area contributed by atoms with E-state index in [0.29, 0.717) is 17.7 Å². The van der Waals surface area contributed by atoms with Gasteiger partial charge in [-0.05, 0) is 30.7 Å². The lowest BCUT2D eigenvalue weighted by Gasteiger charge is -2.26. The maximum absolute atomic E-state index is 13.9. The molecule has 6 heteroatoms. The molecule has 0 radical (unpaired) electrons. The first-order valence-corrected chi connectivity index (χ1v) is 7.55. The first-order valence-electron chi connectivity index (χ1n) is 7.55. The van der Waals surface area contributed by atoms with E-state index in [1.807, 2.05) is 19.1 Å². The number of hydrogen-bond donors (Lipinski definition) is 2. The summed E-state index contributed by atoms with van der Waals surface area (Å²) in [6.07, 6.45) is 8.88. The first kappa shape index (κ1) is 15.9. The Balaban J connectivity index is 2.10. The van der Waals surface area contributed by atoms with Gasteiger partial charge in [-0.2, -0.15) is 0 Å². The average Bonchev–Trinajstić information content (AvgIpc) is 3.03. The van der Waals surface area contributed by atoms with Crippen molar-refractivity contribution in [3.63, 3.8) is 0 Å². The summed E-state index contributed by atoms with van der Waals surface area (Å²) in [5, 5.41) is 0. The number of carbonyl (C=O) groups is 2. The molecule has 3 N–H and O–H groups in total. The lowest BCUT2D eigenvalue weighted by molar-refractivity contribution is -0.467. The van der Waals surface area contributed by atoms with E-state index in [-0.39, 0.29) is 11.5 Å². The molecule has 0 fully saturated rings. The molecular formula is C18H17FN3O2+. The minimum atomic E-state index is -0.698. The van der Waals surface area contributed by atoms with E-state index in [2.05, 4.69) is 4.99 Å². The van der Waals surface area contributed by atoms with Crippen molar-refractivity contribution in [1.82, 2.24) is 4.90 Å². The normalized spacial score (nSPS) is 19.5. The van der Waals surface area contributed by atoms with Gasteiger partial charge in [0.05, 0.1) is 0 Å².